The van der Waals surface area contributed by atoms with Crippen molar-refractivity contribution in [3.8, 4) is 0 Å². The number of benzene rings is 2. The molecule has 0 aromatic heterocycles. The highest BCUT2D eigenvalue weighted by Crippen LogP contribution is 2.16. The summed E-state index contributed by atoms with van der Waals surface area (Å²) in [5, 5.41) is 8.43. The third-order valence-electron chi connectivity index (χ3n) is 3.93. The highest BCUT2D eigenvalue weighted by atomic mass is 16.5. The van der Waals surface area contributed by atoms with Crippen molar-refractivity contribution in [3.63, 3.8) is 0 Å². The Bertz CT molecular complexity index is 770. The minimum atomic E-state index is -0.525. The highest BCUT2D eigenvalue weighted by molar-refractivity contribution is 6.26. The van der Waals surface area contributed by atoms with Gasteiger partial charge in [0.15, 0.2) is 5.57 Å². The molecule has 1 saturated heterocycles. The van der Waals surface area contributed by atoms with Gasteiger partial charge in [-0.3, -0.25) is 9.59 Å². The normalized spacial score (nSPS) is 12.8. The lowest BCUT2D eigenvalue weighted by atomic mass is 10.2. The number of rotatable bonds is 4. The summed E-state index contributed by atoms with van der Waals surface area (Å²) in [4.78, 5) is 25.4. The number of aryl methyl sites for hydroxylation is 2. The molecule has 0 atom stereocenters. The first-order chi connectivity index (χ1) is 12.5. The molecular formula is C20H21N3O3. The van der Waals surface area contributed by atoms with Crippen molar-refractivity contribution in [2.24, 2.45) is 0 Å². The summed E-state index contributed by atoms with van der Waals surface area (Å²) in [5.74, 6) is -0.857. The van der Waals surface area contributed by atoms with Gasteiger partial charge in [-0.2, -0.15) is 0 Å². The van der Waals surface area contributed by atoms with E-state index in [4.69, 9.17) is 4.74 Å². The Hall–Kier alpha value is -3.28. The van der Waals surface area contributed by atoms with Gasteiger partial charge >= 0.3 is 0 Å². The van der Waals surface area contributed by atoms with Crippen LogP contribution in [-0.4, -0.2) is 25.0 Å². The van der Waals surface area contributed by atoms with E-state index in [1.807, 2.05) is 38.1 Å². The molecule has 6 nitrogen and oxygen atoms in total. The molecule has 2 aromatic rings. The predicted molar refractivity (Wildman–Crippen MR) is 101 cm³/mol. The number of carbonyl (C=O) groups is 2. The van der Waals surface area contributed by atoms with E-state index < -0.39 is 11.8 Å². The van der Waals surface area contributed by atoms with Gasteiger partial charge in [-0.15, -0.1) is 0 Å². The summed E-state index contributed by atoms with van der Waals surface area (Å²) < 4.78 is 5.42. The molecule has 1 aliphatic rings. The number of hydrogen-bond donors (Lipinski definition) is 3. The quantitative estimate of drug-likeness (QED) is 0.450. The summed E-state index contributed by atoms with van der Waals surface area (Å²) in [6.07, 6.45) is 0. The van der Waals surface area contributed by atoms with Crippen LogP contribution in [0.4, 0.5) is 11.4 Å². The maximum Gasteiger partial charge on any atom is 0.266 e. The average Bonchev–Trinajstić information content (AvgIpc) is 3.13. The van der Waals surface area contributed by atoms with Crippen molar-refractivity contribution in [1.82, 2.24) is 5.32 Å². The number of carbonyl (C=O) groups excluding carboxylic acids is 2. The van der Waals surface area contributed by atoms with E-state index in [2.05, 4.69) is 16.0 Å². The van der Waals surface area contributed by atoms with Crippen molar-refractivity contribution in [2.45, 2.75) is 13.8 Å². The Kier molecular flexibility index (Phi) is 5.22. The SMILES string of the molecule is Cc1ccc(NC(=O)C(C(=O)Nc2ccc(C)cc2)=C2NCCO2)cc1. The van der Waals surface area contributed by atoms with E-state index >= 15 is 0 Å². The van der Waals surface area contributed by atoms with Gasteiger partial charge in [0.2, 0.25) is 5.88 Å². The second-order valence-corrected chi connectivity index (χ2v) is 6.12. The summed E-state index contributed by atoms with van der Waals surface area (Å²) in [6.45, 7) is 4.89. The summed E-state index contributed by atoms with van der Waals surface area (Å²) in [6, 6.07) is 14.7. The number of nitrogens with one attached hydrogen (secondary N) is 3. The van der Waals surface area contributed by atoms with Crippen molar-refractivity contribution in [2.75, 3.05) is 23.8 Å². The highest BCUT2D eigenvalue weighted by Gasteiger charge is 2.27. The van der Waals surface area contributed by atoms with Gasteiger partial charge in [0, 0.05) is 11.4 Å². The van der Waals surface area contributed by atoms with Gasteiger partial charge in [-0.25, -0.2) is 0 Å². The smallest absolute Gasteiger partial charge is 0.266 e. The minimum absolute atomic E-state index is 0.0800. The Morgan fingerprint density at radius 1 is 0.846 bits per heavy atom. The molecule has 1 aliphatic heterocycles. The molecule has 0 bridgehead atoms. The van der Waals surface area contributed by atoms with E-state index in [0.29, 0.717) is 24.5 Å². The van der Waals surface area contributed by atoms with Gasteiger partial charge in [-0.1, -0.05) is 35.4 Å². The zero-order valence-corrected chi connectivity index (χ0v) is 14.8. The first kappa shape index (κ1) is 17.5. The van der Waals surface area contributed by atoms with E-state index in [-0.39, 0.29) is 11.5 Å². The average molecular weight is 351 g/mol. The number of ether oxygens (including phenoxy) is 1. The Labute approximate surface area is 152 Å². The monoisotopic (exact) mass is 351 g/mol. The summed E-state index contributed by atoms with van der Waals surface area (Å²) >= 11 is 0. The third kappa shape index (κ3) is 4.22. The minimum Gasteiger partial charge on any atom is -0.477 e. The first-order valence-electron chi connectivity index (χ1n) is 8.40. The van der Waals surface area contributed by atoms with Crippen molar-refractivity contribution < 1.29 is 14.3 Å². The van der Waals surface area contributed by atoms with E-state index in [9.17, 15) is 9.59 Å². The molecule has 0 saturated carbocycles. The van der Waals surface area contributed by atoms with Crippen LogP contribution in [0, 0.1) is 13.8 Å². The standard InChI is InChI=1S/C20H21N3O3/c1-13-3-7-15(8-4-13)22-18(24)17(20-21-11-12-26-20)19(25)23-16-9-5-14(2)6-10-16/h3-10,21H,11-12H2,1-2H3,(H,22,24)(H,23,25). The van der Waals surface area contributed by atoms with Crippen LogP contribution in [0.25, 0.3) is 0 Å². The molecule has 2 amide bonds. The van der Waals surface area contributed by atoms with E-state index in [1.165, 1.54) is 0 Å². The first-order valence-corrected chi connectivity index (χ1v) is 8.40. The van der Waals surface area contributed by atoms with Crippen LogP contribution in [0.5, 0.6) is 0 Å². The second kappa shape index (κ2) is 7.74. The Morgan fingerprint density at radius 2 is 1.31 bits per heavy atom. The summed E-state index contributed by atoms with van der Waals surface area (Å²) in [7, 11) is 0. The van der Waals surface area contributed by atoms with Crippen LogP contribution in [0.15, 0.2) is 60.0 Å². The number of hydrogen-bond acceptors (Lipinski definition) is 4. The van der Waals surface area contributed by atoms with E-state index in [1.54, 1.807) is 24.3 Å². The second-order valence-electron chi connectivity index (χ2n) is 6.12. The lowest BCUT2D eigenvalue weighted by Gasteiger charge is -2.12. The van der Waals surface area contributed by atoms with Crippen LogP contribution < -0.4 is 16.0 Å². The van der Waals surface area contributed by atoms with Crippen molar-refractivity contribution >= 4 is 23.2 Å². The topological polar surface area (TPSA) is 79.5 Å². The van der Waals surface area contributed by atoms with Gasteiger partial charge in [0.25, 0.3) is 11.8 Å². The Balaban J connectivity index is 1.81. The molecule has 0 aliphatic carbocycles. The zero-order chi connectivity index (χ0) is 18.5. The molecular weight excluding hydrogens is 330 g/mol. The largest absolute Gasteiger partial charge is 0.477 e. The predicted octanol–water partition coefficient (Wildman–Crippen LogP) is 2.71. The molecule has 1 heterocycles. The Morgan fingerprint density at radius 3 is 1.69 bits per heavy atom. The molecule has 2 aromatic carbocycles. The lowest BCUT2D eigenvalue weighted by molar-refractivity contribution is -0.118. The molecule has 26 heavy (non-hydrogen) atoms. The van der Waals surface area contributed by atoms with Gasteiger partial charge in [-0.05, 0) is 38.1 Å². The van der Waals surface area contributed by atoms with Crippen LogP contribution in [0.3, 0.4) is 0 Å². The third-order valence-corrected chi connectivity index (χ3v) is 3.93. The molecule has 3 rings (SSSR count). The number of anilines is 2. The molecule has 0 spiro atoms. The van der Waals surface area contributed by atoms with E-state index in [0.717, 1.165) is 11.1 Å². The zero-order valence-electron chi connectivity index (χ0n) is 14.8. The molecule has 0 radical (unpaired) electrons. The maximum absolute atomic E-state index is 12.7. The maximum atomic E-state index is 12.7. The van der Waals surface area contributed by atoms with Crippen LogP contribution in [0.1, 0.15) is 11.1 Å². The molecule has 6 heteroatoms. The summed E-state index contributed by atoms with van der Waals surface area (Å²) in [5.41, 5.74) is 3.31. The molecule has 3 N–H and O–H groups in total. The van der Waals surface area contributed by atoms with Crippen molar-refractivity contribution in [1.29, 1.82) is 0 Å². The van der Waals surface area contributed by atoms with Crippen LogP contribution >= 0.6 is 0 Å². The van der Waals surface area contributed by atoms with Crippen LogP contribution in [0.2, 0.25) is 0 Å². The van der Waals surface area contributed by atoms with Gasteiger partial charge in [0.1, 0.15) is 6.61 Å². The fraction of sp³-hybridized carbons (Fsp3) is 0.200. The fourth-order valence-corrected chi connectivity index (χ4v) is 2.50. The van der Waals surface area contributed by atoms with Gasteiger partial charge < -0.3 is 20.7 Å². The lowest BCUT2D eigenvalue weighted by Crippen LogP contribution is -2.29. The number of amides is 2. The molecule has 134 valence electrons. The van der Waals surface area contributed by atoms with Crippen molar-refractivity contribution in [3.05, 3.63) is 71.1 Å². The molecule has 1 fully saturated rings. The van der Waals surface area contributed by atoms with Gasteiger partial charge in [0.05, 0.1) is 6.54 Å². The molecule has 0 unspecified atom stereocenters. The van der Waals surface area contributed by atoms with Crippen LogP contribution in [-0.2, 0) is 14.3 Å². The fourth-order valence-electron chi connectivity index (χ4n) is 2.50.